The Morgan fingerprint density at radius 1 is 0.692 bits per heavy atom. The molecule has 0 bridgehead atoms. The van der Waals surface area contributed by atoms with E-state index in [0.717, 1.165) is 0 Å². The molecule has 0 aromatic rings. The summed E-state index contributed by atoms with van der Waals surface area (Å²) in [6.45, 7) is 0. The van der Waals surface area contributed by atoms with Crippen molar-refractivity contribution in [3.8, 4) is 0 Å². The number of hydrogen-bond donors (Lipinski definition) is 7. The van der Waals surface area contributed by atoms with Gasteiger partial charge in [0.2, 0.25) is 0 Å². The maximum Gasteiger partial charge on any atom is 0.291 e. The molecule has 0 heterocycles. The quantitative estimate of drug-likeness (QED) is 0.281. The van der Waals surface area contributed by atoms with Crippen LogP contribution in [-0.2, 0) is 13.7 Å². The monoisotopic (exact) mass is 251 g/mol. The Labute approximate surface area is 74.5 Å². The van der Waals surface area contributed by atoms with Crippen LogP contribution in [0.25, 0.3) is 0 Å². The van der Waals surface area contributed by atoms with Crippen molar-refractivity contribution in [3.63, 3.8) is 0 Å². The number of hydrogen-bond acceptors (Lipinski definition) is 3. The fourth-order valence-corrected chi connectivity index (χ4v) is 4.78. The first-order valence-corrected chi connectivity index (χ1v) is 8.20. The van der Waals surface area contributed by atoms with Gasteiger partial charge in [-0.3, -0.25) is 41.2 Å². The van der Waals surface area contributed by atoms with Gasteiger partial charge in [-0.15, -0.1) is 0 Å². The Morgan fingerprint density at radius 3 is 1.08 bits per heavy atom. The lowest BCUT2D eigenvalue weighted by atomic mass is 13.8. The van der Waals surface area contributed by atoms with Gasteiger partial charge in [0, 0.05) is 0 Å². The minimum Gasteiger partial charge on any atom is -0.271 e. The summed E-state index contributed by atoms with van der Waals surface area (Å²) in [5.41, 5.74) is 24.2. The lowest BCUT2D eigenvalue weighted by molar-refractivity contribution is 0.554. The molecule has 0 amide bonds. The number of nitrogens with one attached hydrogen (secondary N) is 2. The average Bonchev–Trinajstić information content (AvgIpc) is 1.43. The van der Waals surface area contributed by atoms with Crippen molar-refractivity contribution in [3.05, 3.63) is 0 Å². The third-order valence-electron chi connectivity index (χ3n) is 0.610. The molecular formula is H12N7O3P3. The first-order chi connectivity index (χ1) is 5.41. The lowest BCUT2D eigenvalue weighted by Gasteiger charge is -2.19. The maximum atomic E-state index is 11.1. The molecule has 10 nitrogen and oxygen atoms in total. The second-order valence-corrected chi connectivity index (χ2v) is 8.03. The Balaban J connectivity index is 4.54. The van der Waals surface area contributed by atoms with Crippen molar-refractivity contribution < 1.29 is 13.7 Å². The predicted molar refractivity (Wildman–Crippen MR) is 50.0 cm³/mol. The number of nitrogens with two attached hydrogens (primary N) is 5. The van der Waals surface area contributed by atoms with Crippen molar-refractivity contribution in [2.24, 2.45) is 27.5 Å². The first-order valence-electron chi connectivity index (χ1n) is 2.73. The van der Waals surface area contributed by atoms with Crippen LogP contribution in [0.2, 0.25) is 0 Å². The summed E-state index contributed by atoms with van der Waals surface area (Å²) < 4.78 is 32.5. The molecular weight excluding hydrogens is 239 g/mol. The summed E-state index contributed by atoms with van der Waals surface area (Å²) in [5.74, 6) is 0. The van der Waals surface area contributed by atoms with Crippen molar-refractivity contribution in [2.75, 3.05) is 0 Å². The van der Waals surface area contributed by atoms with E-state index in [2.05, 4.69) is 0 Å². The normalized spacial score (nSPS) is 14.5. The van der Waals surface area contributed by atoms with Crippen LogP contribution >= 0.6 is 22.8 Å². The standard InChI is InChI=1S/H12N7O3P3/c1-11(2,8)6-13(5,10)7-12(3,4)9/h(H12,1,2,3,4,5,6,7,8,9,10). The molecule has 13 heavy (non-hydrogen) atoms. The Kier molecular flexibility index (Phi) is 4.00. The molecule has 0 spiro atoms. The Bertz CT molecular complexity index is 281. The minimum absolute atomic E-state index is 1.65. The second-order valence-electron chi connectivity index (χ2n) is 2.28. The molecule has 12 N–H and O–H groups in total. The zero-order chi connectivity index (χ0) is 10.9. The van der Waals surface area contributed by atoms with Gasteiger partial charge in [-0.25, -0.2) is 0 Å². The van der Waals surface area contributed by atoms with Crippen molar-refractivity contribution >= 4 is 22.8 Å². The van der Waals surface area contributed by atoms with E-state index in [-0.39, 0.29) is 0 Å². The van der Waals surface area contributed by atoms with Crippen LogP contribution < -0.4 is 37.2 Å². The molecule has 0 fully saturated rings. The van der Waals surface area contributed by atoms with E-state index in [1.807, 2.05) is 0 Å². The van der Waals surface area contributed by atoms with Gasteiger partial charge < -0.3 is 0 Å². The van der Waals surface area contributed by atoms with Gasteiger partial charge in [-0.1, -0.05) is 0 Å². The van der Waals surface area contributed by atoms with Crippen molar-refractivity contribution in [1.82, 2.24) is 9.72 Å². The fraction of sp³-hybridized carbons (Fsp3) is 0. The molecule has 0 rings (SSSR count). The van der Waals surface area contributed by atoms with E-state index >= 15 is 0 Å². The molecule has 80 valence electrons. The highest BCUT2D eigenvalue weighted by Gasteiger charge is 2.28. The first kappa shape index (κ1) is 13.4. The van der Waals surface area contributed by atoms with Crippen LogP contribution in [0.4, 0.5) is 0 Å². The van der Waals surface area contributed by atoms with Gasteiger partial charge in [0.05, 0.1) is 0 Å². The third kappa shape index (κ3) is 8.73. The molecule has 0 aliphatic rings. The van der Waals surface area contributed by atoms with Gasteiger partial charge >= 0.3 is 0 Å². The zero-order valence-electron chi connectivity index (χ0n) is 6.45. The molecule has 0 atom stereocenters. The molecule has 0 aromatic heterocycles. The molecule has 13 heteroatoms. The van der Waals surface area contributed by atoms with Gasteiger partial charge in [0.1, 0.15) is 0 Å². The van der Waals surface area contributed by atoms with E-state index in [4.69, 9.17) is 27.5 Å². The summed E-state index contributed by atoms with van der Waals surface area (Å²) in [4.78, 5) is 3.31. The summed E-state index contributed by atoms with van der Waals surface area (Å²) >= 11 is 0. The minimum atomic E-state index is -3.96. The van der Waals surface area contributed by atoms with Crippen LogP contribution in [0.5, 0.6) is 0 Å². The van der Waals surface area contributed by atoms with Crippen molar-refractivity contribution in [1.29, 1.82) is 0 Å². The molecule has 0 aliphatic heterocycles. The van der Waals surface area contributed by atoms with Crippen molar-refractivity contribution in [2.45, 2.75) is 0 Å². The maximum absolute atomic E-state index is 11.1. The molecule has 0 aromatic carbocycles. The van der Waals surface area contributed by atoms with Gasteiger partial charge in [-0.05, 0) is 0 Å². The molecule has 0 saturated heterocycles. The highest BCUT2D eigenvalue weighted by molar-refractivity contribution is 7.79. The third-order valence-corrected chi connectivity index (χ3v) is 5.49. The predicted octanol–water partition coefficient (Wildman–Crippen LogP) is -1.72. The zero-order valence-corrected chi connectivity index (χ0v) is 9.14. The summed E-state index contributed by atoms with van der Waals surface area (Å²) in [7, 11) is -11.6. The number of rotatable bonds is 4. The SMILES string of the molecule is NP(N)(=O)NP(N)(=O)NP(N)(N)=O. The van der Waals surface area contributed by atoms with Crippen LogP contribution in [0.1, 0.15) is 0 Å². The summed E-state index contributed by atoms with van der Waals surface area (Å²) in [6, 6.07) is 0. The van der Waals surface area contributed by atoms with Crippen LogP contribution in [-0.4, -0.2) is 0 Å². The Hall–Kier alpha value is 0.410. The highest BCUT2D eigenvalue weighted by atomic mass is 31.3. The molecule has 0 unspecified atom stereocenters. The summed E-state index contributed by atoms with van der Waals surface area (Å²) in [6.07, 6.45) is 0. The molecule has 0 aliphatic carbocycles. The van der Waals surface area contributed by atoms with Gasteiger partial charge in [0.25, 0.3) is 22.8 Å². The van der Waals surface area contributed by atoms with E-state index in [1.54, 1.807) is 9.72 Å². The largest absolute Gasteiger partial charge is 0.291 e. The van der Waals surface area contributed by atoms with E-state index in [1.165, 1.54) is 0 Å². The summed E-state index contributed by atoms with van der Waals surface area (Å²) in [5, 5.41) is 0. The highest BCUT2D eigenvalue weighted by Crippen LogP contribution is 2.43. The topological polar surface area (TPSA) is 205 Å². The lowest BCUT2D eigenvalue weighted by Crippen LogP contribution is -2.32. The van der Waals surface area contributed by atoms with Crippen LogP contribution in [0.3, 0.4) is 0 Å². The second kappa shape index (κ2) is 3.88. The van der Waals surface area contributed by atoms with Crippen LogP contribution in [0, 0.1) is 0 Å². The molecule has 0 radical (unpaired) electrons. The van der Waals surface area contributed by atoms with Gasteiger partial charge in [-0.2, -0.15) is 9.72 Å². The fourth-order valence-electron chi connectivity index (χ4n) is 0.487. The van der Waals surface area contributed by atoms with Crippen LogP contribution in [0.15, 0.2) is 0 Å². The molecule has 0 saturated carbocycles. The van der Waals surface area contributed by atoms with E-state index in [9.17, 15) is 13.7 Å². The smallest absolute Gasteiger partial charge is 0.271 e. The van der Waals surface area contributed by atoms with Gasteiger partial charge in [0.15, 0.2) is 0 Å². The van der Waals surface area contributed by atoms with E-state index in [0.29, 0.717) is 0 Å². The average molecular weight is 251 g/mol. The Morgan fingerprint density at radius 2 is 0.923 bits per heavy atom. The van der Waals surface area contributed by atoms with E-state index < -0.39 is 22.8 Å².